The number of nitro benzene ring substituents is 1. The second kappa shape index (κ2) is 12.0. The van der Waals surface area contributed by atoms with Crippen molar-refractivity contribution < 1.29 is 23.2 Å². The van der Waals surface area contributed by atoms with Gasteiger partial charge >= 0.3 is 5.97 Å². The predicted octanol–water partition coefficient (Wildman–Crippen LogP) is 5.18. The quantitative estimate of drug-likeness (QED) is 0.238. The number of unbranched alkanes of at least 4 members (excludes halogenated alkanes) is 2. The van der Waals surface area contributed by atoms with Crippen molar-refractivity contribution in [3.8, 4) is 0 Å². The molecule has 0 heterocycles. The number of carboxylic acid groups (broad SMARTS) is 1. The molecule has 2 aromatic rings. The summed E-state index contributed by atoms with van der Waals surface area (Å²) in [7, 11) is -3.86. The monoisotopic (exact) mass is 480 g/mol. The molecular formula is C22H28N2O6S2. The van der Waals surface area contributed by atoms with E-state index in [0.717, 1.165) is 25.7 Å². The number of carboxylic acids is 1. The molecule has 0 fully saturated rings. The number of thioether (sulfide) groups is 1. The zero-order valence-corrected chi connectivity index (χ0v) is 19.8. The van der Waals surface area contributed by atoms with Crippen LogP contribution in [0.25, 0.3) is 0 Å². The lowest BCUT2D eigenvalue weighted by Crippen LogP contribution is -2.33. The summed E-state index contributed by atoms with van der Waals surface area (Å²) >= 11 is 1.23. The molecule has 10 heteroatoms. The zero-order chi connectivity index (χ0) is 23.7. The van der Waals surface area contributed by atoms with Crippen molar-refractivity contribution in [2.75, 3.05) is 13.1 Å². The third-order valence-electron chi connectivity index (χ3n) is 4.81. The summed E-state index contributed by atoms with van der Waals surface area (Å²) < 4.78 is 28.1. The van der Waals surface area contributed by atoms with Gasteiger partial charge in [0, 0.05) is 35.9 Å². The van der Waals surface area contributed by atoms with E-state index in [1.165, 1.54) is 46.4 Å². The second-order valence-electron chi connectivity index (χ2n) is 7.33. The van der Waals surface area contributed by atoms with E-state index in [2.05, 4.69) is 0 Å². The maximum Gasteiger partial charge on any atom is 0.335 e. The zero-order valence-electron chi connectivity index (χ0n) is 18.2. The molecule has 0 unspecified atom stereocenters. The molecule has 0 saturated carbocycles. The van der Waals surface area contributed by atoms with Crippen LogP contribution in [-0.2, 0) is 15.8 Å². The van der Waals surface area contributed by atoms with Gasteiger partial charge in [-0.2, -0.15) is 4.31 Å². The molecule has 32 heavy (non-hydrogen) atoms. The summed E-state index contributed by atoms with van der Waals surface area (Å²) in [5.74, 6) is -0.882. The highest BCUT2D eigenvalue weighted by molar-refractivity contribution is 7.98. The average molecular weight is 481 g/mol. The van der Waals surface area contributed by atoms with Gasteiger partial charge in [-0.15, -0.1) is 11.8 Å². The van der Waals surface area contributed by atoms with Crippen molar-refractivity contribution in [1.29, 1.82) is 0 Å². The van der Waals surface area contributed by atoms with Gasteiger partial charge < -0.3 is 5.11 Å². The lowest BCUT2D eigenvalue weighted by Gasteiger charge is -2.22. The number of hydrogen-bond acceptors (Lipinski definition) is 6. The Hall–Kier alpha value is -2.43. The van der Waals surface area contributed by atoms with Crippen molar-refractivity contribution in [3.05, 3.63) is 63.7 Å². The van der Waals surface area contributed by atoms with Gasteiger partial charge in [-0.3, -0.25) is 10.1 Å². The standard InChI is InChI=1S/C22H28N2O6S2/c1-3-5-10-23(11-6-4-2)32(29,30)21-14-18(22(25)26)13-20(15-21)31-16-17-8-7-9-19(12-17)24(27)28/h7-9,12-15H,3-6,10-11,16H2,1-2H3,(H,25,26). The van der Waals surface area contributed by atoms with Crippen LogP contribution in [0.3, 0.4) is 0 Å². The van der Waals surface area contributed by atoms with Gasteiger partial charge in [-0.25, -0.2) is 13.2 Å². The maximum absolute atomic E-state index is 13.3. The van der Waals surface area contributed by atoms with Crippen LogP contribution in [0.1, 0.15) is 55.5 Å². The highest BCUT2D eigenvalue weighted by Crippen LogP contribution is 2.29. The number of nitro groups is 1. The van der Waals surface area contributed by atoms with Crippen LogP contribution in [0, 0.1) is 10.1 Å². The highest BCUT2D eigenvalue weighted by Gasteiger charge is 2.25. The van der Waals surface area contributed by atoms with E-state index in [0.29, 0.717) is 29.3 Å². The molecule has 174 valence electrons. The van der Waals surface area contributed by atoms with Gasteiger partial charge in [0.1, 0.15) is 0 Å². The molecule has 0 aromatic heterocycles. The molecule has 8 nitrogen and oxygen atoms in total. The number of sulfonamides is 1. The maximum atomic E-state index is 13.3. The van der Waals surface area contributed by atoms with E-state index in [1.54, 1.807) is 12.1 Å². The summed E-state index contributed by atoms with van der Waals surface area (Å²) in [5.41, 5.74) is 0.536. The fourth-order valence-electron chi connectivity index (χ4n) is 3.02. The van der Waals surface area contributed by atoms with Gasteiger partial charge in [0.05, 0.1) is 15.4 Å². The third kappa shape index (κ3) is 7.04. The van der Waals surface area contributed by atoms with E-state index in [9.17, 15) is 28.4 Å². The fraction of sp³-hybridized carbons (Fsp3) is 0.409. The number of benzene rings is 2. The van der Waals surface area contributed by atoms with Crippen molar-refractivity contribution in [1.82, 2.24) is 4.31 Å². The lowest BCUT2D eigenvalue weighted by molar-refractivity contribution is -0.384. The van der Waals surface area contributed by atoms with E-state index in [1.807, 2.05) is 13.8 Å². The molecule has 0 spiro atoms. The van der Waals surface area contributed by atoms with Crippen LogP contribution in [0.15, 0.2) is 52.3 Å². The van der Waals surface area contributed by atoms with Gasteiger partial charge in [0.2, 0.25) is 10.0 Å². The normalized spacial score (nSPS) is 11.6. The number of aromatic carboxylic acids is 1. The lowest BCUT2D eigenvalue weighted by atomic mass is 10.2. The Bertz CT molecular complexity index is 1050. The molecule has 0 bridgehead atoms. The average Bonchev–Trinajstić information content (AvgIpc) is 2.77. The summed E-state index contributed by atoms with van der Waals surface area (Å²) in [6.45, 7) is 4.73. The van der Waals surface area contributed by atoms with Crippen molar-refractivity contribution >= 4 is 33.4 Å². The SMILES string of the molecule is CCCCN(CCCC)S(=O)(=O)c1cc(SCc2cccc([N+](=O)[O-])c2)cc(C(=O)O)c1. The number of nitrogens with zero attached hydrogens (tertiary/aromatic N) is 2. The minimum Gasteiger partial charge on any atom is -0.478 e. The Morgan fingerprint density at radius 1 is 1.09 bits per heavy atom. The number of hydrogen-bond donors (Lipinski definition) is 1. The Morgan fingerprint density at radius 2 is 1.75 bits per heavy atom. The van der Waals surface area contributed by atoms with Crippen LogP contribution in [0.4, 0.5) is 5.69 Å². The molecule has 0 aliphatic rings. The first kappa shape index (κ1) is 25.8. The molecule has 0 radical (unpaired) electrons. The topological polar surface area (TPSA) is 118 Å². The second-order valence-corrected chi connectivity index (χ2v) is 10.3. The Labute approximate surface area is 192 Å². The molecular weight excluding hydrogens is 452 g/mol. The summed E-state index contributed by atoms with van der Waals surface area (Å²) in [6, 6.07) is 10.3. The van der Waals surface area contributed by atoms with Crippen LogP contribution in [0.2, 0.25) is 0 Å². The van der Waals surface area contributed by atoms with Crippen LogP contribution < -0.4 is 0 Å². The first-order valence-electron chi connectivity index (χ1n) is 10.4. The van der Waals surface area contributed by atoms with E-state index in [-0.39, 0.29) is 16.1 Å². The van der Waals surface area contributed by atoms with Gasteiger partial charge in [-0.1, -0.05) is 38.8 Å². The number of rotatable bonds is 13. The summed E-state index contributed by atoms with van der Waals surface area (Å²) in [6.07, 6.45) is 3.13. The van der Waals surface area contributed by atoms with Crippen LogP contribution in [0.5, 0.6) is 0 Å². The highest BCUT2D eigenvalue weighted by atomic mass is 32.2. The molecule has 0 aliphatic carbocycles. The van der Waals surface area contributed by atoms with Crippen LogP contribution >= 0.6 is 11.8 Å². The Balaban J connectivity index is 2.36. The van der Waals surface area contributed by atoms with E-state index in [4.69, 9.17) is 0 Å². The van der Waals surface area contributed by atoms with E-state index < -0.39 is 20.9 Å². The van der Waals surface area contributed by atoms with Gasteiger partial charge in [0.15, 0.2) is 0 Å². The first-order valence-corrected chi connectivity index (χ1v) is 12.9. The molecule has 0 atom stereocenters. The predicted molar refractivity (Wildman–Crippen MR) is 125 cm³/mol. The molecule has 1 N–H and O–H groups in total. The summed E-state index contributed by atoms with van der Waals surface area (Å²) in [5, 5.41) is 20.5. The molecule has 2 aromatic carbocycles. The summed E-state index contributed by atoms with van der Waals surface area (Å²) in [4.78, 5) is 22.6. The molecule has 0 saturated heterocycles. The van der Waals surface area contributed by atoms with E-state index >= 15 is 0 Å². The minimum absolute atomic E-state index is 0.0341. The van der Waals surface area contributed by atoms with Crippen molar-refractivity contribution in [2.24, 2.45) is 0 Å². The Morgan fingerprint density at radius 3 is 2.31 bits per heavy atom. The van der Waals surface area contributed by atoms with Crippen molar-refractivity contribution in [2.45, 2.75) is 55.1 Å². The number of non-ortho nitro benzene ring substituents is 1. The van der Waals surface area contributed by atoms with Gasteiger partial charge in [0.25, 0.3) is 5.69 Å². The largest absolute Gasteiger partial charge is 0.478 e. The smallest absolute Gasteiger partial charge is 0.335 e. The fourth-order valence-corrected chi connectivity index (χ4v) is 5.62. The first-order chi connectivity index (χ1) is 15.2. The van der Waals surface area contributed by atoms with Gasteiger partial charge in [-0.05, 0) is 36.6 Å². The van der Waals surface area contributed by atoms with Crippen LogP contribution in [-0.4, -0.2) is 41.8 Å². The van der Waals surface area contributed by atoms with Crippen molar-refractivity contribution in [3.63, 3.8) is 0 Å². The molecule has 0 amide bonds. The number of carbonyl (C=O) groups is 1. The Kier molecular flexibility index (Phi) is 9.67. The molecule has 0 aliphatic heterocycles. The molecule has 2 rings (SSSR count). The third-order valence-corrected chi connectivity index (χ3v) is 7.74. The minimum atomic E-state index is -3.86.